The van der Waals surface area contributed by atoms with Crippen LogP contribution in [-0.2, 0) is 6.54 Å². The second-order valence-corrected chi connectivity index (χ2v) is 4.76. The quantitative estimate of drug-likeness (QED) is 0.823. The van der Waals surface area contributed by atoms with E-state index in [0.29, 0.717) is 12.0 Å². The summed E-state index contributed by atoms with van der Waals surface area (Å²) in [5, 5.41) is 3.45. The summed E-state index contributed by atoms with van der Waals surface area (Å²) >= 11 is 0. The van der Waals surface area contributed by atoms with E-state index in [1.807, 2.05) is 6.07 Å². The van der Waals surface area contributed by atoms with E-state index in [-0.39, 0.29) is 0 Å². The summed E-state index contributed by atoms with van der Waals surface area (Å²) in [6.45, 7) is 9.67. The average Bonchev–Trinajstić information content (AvgIpc) is 2.25. The Balaban J connectivity index is 2.91. The standard InChI is InChI=1S/C14H23NO/c1-10(2)14-7-6-13(16-5)8-12(14)9-15-11(3)4/h6-8,10-11,15H,9H2,1-5H3. The van der Waals surface area contributed by atoms with Crippen LogP contribution in [-0.4, -0.2) is 13.2 Å². The lowest BCUT2D eigenvalue weighted by Crippen LogP contribution is -2.22. The van der Waals surface area contributed by atoms with Gasteiger partial charge in [0.2, 0.25) is 0 Å². The SMILES string of the molecule is COc1ccc(C(C)C)c(CNC(C)C)c1. The monoisotopic (exact) mass is 221 g/mol. The van der Waals surface area contributed by atoms with Crippen LogP contribution >= 0.6 is 0 Å². The van der Waals surface area contributed by atoms with Crippen LogP contribution in [0, 0.1) is 0 Å². The van der Waals surface area contributed by atoms with Crippen molar-refractivity contribution in [3.63, 3.8) is 0 Å². The molecule has 0 aliphatic carbocycles. The van der Waals surface area contributed by atoms with Crippen LogP contribution in [0.15, 0.2) is 18.2 Å². The number of nitrogens with one attached hydrogen (secondary N) is 1. The summed E-state index contributed by atoms with van der Waals surface area (Å²) in [4.78, 5) is 0. The van der Waals surface area contributed by atoms with Gasteiger partial charge in [0.25, 0.3) is 0 Å². The molecule has 0 aliphatic rings. The van der Waals surface area contributed by atoms with Gasteiger partial charge in [0.1, 0.15) is 5.75 Å². The van der Waals surface area contributed by atoms with Crippen molar-refractivity contribution in [1.29, 1.82) is 0 Å². The molecule has 0 spiro atoms. The minimum Gasteiger partial charge on any atom is -0.497 e. The van der Waals surface area contributed by atoms with Crippen LogP contribution in [0.4, 0.5) is 0 Å². The second-order valence-electron chi connectivity index (χ2n) is 4.76. The highest BCUT2D eigenvalue weighted by Crippen LogP contribution is 2.24. The van der Waals surface area contributed by atoms with E-state index in [4.69, 9.17) is 4.74 Å². The van der Waals surface area contributed by atoms with Crippen molar-refractivity contribution in [1.82, 2.24) is 5.32 Å². The molecule has 0 bridgehead atoms. The lowest BCUT2D eigenvalue weighted by atomic mass is 9.97. The average molecular weight is 221 g/mol. The summed E-state index contributed by atoms with van der Waals surface area (Å²) in [7, 11) is 1.71. The highest BCUT2D eigenvalue weighted by atomic mass is 16.5. The summed E-state index contributed by atoms with van der Waals surface area (Å²) in [5.74, 6) is 1.49. The largest absolute Gasteiger partial charge is 0.497 e. The molecule has 0 atom stereocenters. The Morgan fingerprint density at radius 3 is 2.38 bits per heavy atom. The maximum atomic E-state index is 5.27. The number of hydrogen-bond acceptors (Lipinski definition) is 2. The van der Waals surface area contributed by atoms with Crippen molar-refractivity contribution in [3.05, 3.63) is 29.3 Å². The molecule has 0 fully saturated rings. The number of methoxy groups -OCH3 is 1. The smallest absolute Gasteiger partial charge is 0.119 e. The van der Waals surface area contributed by atoms with Gasteiger partial charge in [-0.2, -0.15) is 0 Å². The number of hydrogen-bond donors (Lipinski definition) is 1. The van der Waals surface area contributed by atoms with Crippen molar-refractivity contribution in [2.45, 2.75) is 46.2 Å². The third-order valence-corrected chi connectivity index (χ3v) is 2.67. The first-order valence-electron chi connectivity index (χ1n) is 5.94. The van der Waals surface area contributed by atoms with Crippen LogP contribution in [0.25, 0.3) is 0 Å². The molecule has 0 saturated carbocycles. The molecular formula is C14H23NO. The molecule has 0 saturated heterocycles. The predicted octanol–water partition coefficient (Wildman–Crippen LogP) is 3.32. The lowest BCUT2D eigenvalue weighted by Gasteiger charge is -2.16. The summed E-state index contributed by atoms with van der Waals surface area (Å²) < 4.78 is 5.27. The zero-order valence-corrected chi connectivity index (χ0v) is 11.0. The van der Waals surface area contributed by atoms with E-state index >= 15 is 0 Å². The molecule has 1 rings (SSSR count). The zero-order chi connectivity index (χ0) is 12.1. The Morgan fingerprint density at radius 1 is 1.19 bits per heavy atom. The van der Waals surface area contributed by atoms with Gasteiger partial charge in [-0.05, 0) is 29.2 Å². The van der Waals surface area contributed by atoms with Gasteiger partial charge in [-0.15, -0.1) is 0 Å². The molecule has 2 heteroatoms. The van der Waals surface area contributed by atoms with Crippen molar-refractivity contribution in [2.75, 3.05) is 7.11 Å². The van der Waals surface area contributed by atoms with Crippen LogP contribution in [0.5, 0.6) is 5.75 Å². The van der Waals surface area contributed by atoms with E-state index in [2.05, 4.69) is 45.1 Å². The first-order chi connectivity index (χ1) is 7.54. The first-order valence-corrected chi connectivity index (χ1v) is 5.94. The summed E-state index contributed by atoms with van der Waals surface area (Å²) in [6, 6.07) is 6.84. The minimum absolute atomic E-state index is 0.506. The Kier molecular flexibility index (Phi) is 4.81. The van der Waals surface area contributed by atoms with Crippen molar-refractivity contribution in [2.24, 2.45) is 0 Å². The molecule has 0 heterocycles. The van der Waals surface area contributed by atoms with Gasteiger partial charge in [0.15, 0.2) is 0 Å². The van der Waals surface area contributed by atoms with Gasteiger partial charge in [0.05, 0.1) is 7.11 Å². The molecule has 1 aromatic carbocycles. The van der Waals surface area contributed by atoms with Crippen molar-refractivity contribution >= 4 is 0 Å². The van der Waals surface area contributed by atoms with Gasteiger partial charge in [0, 0.05) is 12.6 Å². The fourth-order valence-electron chi connectivity index (χ4n) is 1.74. The maximum Gasteiger partial charge on any atom is 0.119 e. The molecule has 0 aliphatic heterocycles. The van der Waals surface area contributed by atoms with Crippen LogP contribution in [0.1, 0.15) is 44.7 Å². The lowest BCUT2D eigenvalue weighted by molar-refractivity contribution is 0.413. The molecule has 1 aromatic rings. The number of ether oxygens (including phenoxy) is 1. The fourth-order valence-corrected chi connectivity index (χ4v) is 1.74. The normalized spacial score (nSPS) is 11.2. The Hall–Kier alpha value is -1.02. The van der Waals surface area contributed by atoms with E-state index in [1.54, 1.807) is 7.11 Å². The van der Waals surface area contributed by atoms with Crippen molar-refractivity contribution < 1.29 is 4.74 Å². The Bertz CT molecular complexity index is 332. The van der Waals surface area contributed by atoms with Gasteiger partial charge in [-0.25, -0.2) is 0 Å². The highest BCUT2D eigenvalue weighted by molar-refractivity contribution is 5.37. The molecule has 90 valence electrons. The Labute approximate surface area is 99.0 Å². The topological polar surface area (TPSA) is 21.3 Å². The third kappa shape index (κ3) is 3.53. The first kappa shape index (κ1) is 13.0. The summed E-state index contributed by atoms with van der Waals surface area (Å²) in [5.41, 5.74) is 2.73. The molecule has 2 nitrogen and oxygen atoms in total. The van der Waals surface area contributed by atoms with Gasteiger partial charge in [-0.3, -0.25) is 0 Å². The molecule has 0 amide bonds. The fraction of sp³-hybridized carbons (Fsp3) is 0.571. The molecule has 16 heavy (non-hydrogen) atoms. The van der Waals surface area contributed by atoms with Crippen LogP contribution in [0.3, 0.4) is 0 Å². The second kappa shape index (κ2) is 5.90. The zero-order valence-electron chi connectivity index (χ0n) is 11.0. The van der Waals surface area contributed by atoms with Gasteiger partial charge in [-0.1, -0.05) is 33.8 Å². The predicted molar refractivity (Wildman–Crippen MR) is 69.1 cm³/mol. The molecule has 0 unspecified atom stereocenters. The summed E-state index contributed by atoms with van der Waals surface area (Å²) in [6.07, 6.45) is 0. The van der Waals surface area contributed by atoms with Gasteiger partial charge >= 0.3 is 0 Å². The molecular weight excluding hydrogens is 198 g/mol. The van der Waals surface area contributed by atoms with E-state index in [1.165, 1.54) is 11.1 Å². The number of rotatable bonds is 5. The maximum absolute atomic E-state index is 5.27. The van der Waals surface area contributed by atoms with E-state index in [0.717, 1.165) is 12.3 Å². The minimum atomic E-state index is 0.506. The van der Waals surface area contributed by atoms with Crippen LogP contribution in [0.2, 0.25) is 0 Å². The van der Waals surface area contributed by atoms with Gasteiger partial charge < -0.3 is 10.1 Å². The van der Waals surface area contributed by atoms with E-state index < -0.39 is 0 Å². The third-order valence-electron chi connectivity index (χ3n) is 2.67. The Morgan fingerprint density at radius 2 is 1.88 bits per heavy atom. The van der Waals surface area contributed by atoms with E-state index in [9.17, 15) is 0 Å². The van der Waals surface area contributed by atoms with Crippen molar-refractivity contribution in [3.8, 4) is 5.75 Å². The highest BCUT2D eigenvalue weighted by Gasteiger charge is 2.08. The van der Waals surface area contributed by atoms with Crippen LogP contribution < -0.4 is 10.1 Å². The molecule has 1 N–H and O–H groups in total. The number of benzene rings is 1. The molecule has 0 aromatic heterocycles. The molecule has 0 radical (unpaired) electrons.